The molecule has 6 nitrogen and oxygen atoms in total. The van der Waals surface area contributed by atoms with Crippen molar-refractivity contribution in [3.63, 3.8) is 0 Å². The number of ether oxygens (including phenoxy) is 1. The van der Waals surface area contributed by atoms with Crippen LogP contribution in [0.5, 0.6) is 5.75 Å². The molecular formula is C24H28BrN3O3S. The van der Waals surface area contributed by atoms with Gasteiger partial charge in [-0.2, -0.15) is 0 Å². The summed E-state index contributed by atoms with van der Waals surface area (Å²) < 4.78 is 6.44. The van der Waals surface area contributed by atoms with E-state index in [1.165, 1.54) is 0 Å². The number of carbonyl (C=O) groups excluding carboxylic acids is 2. The molecule has 1 aliphatic rings. The third-order valence-corrected chi connectivity index (χ3v) is 6.03. The highest BCUT2D eigenvalue weighted by Gasteiger charge is 2.21. The molecule has 3 rings (SSSR count). The number of piperidine rings is 1. The molecule has 0 aliphatic carbocycles. The van der Waals surface area contributed by atoms with Gasteiger partial charge in [-0.15, -0.1) is 0 Å². The predicted octanol–water partition coefficient (Wildman–Crippen LogP) is 5.24. The normalized spacial score (nSPS) is 14.0. The first-order valence-corrected chi connectivity index (χ1v) is 12.0. The van der Waals surface area contributed by atoms with Crippen molar-refractivity contribution in [1.82, 2.24) is 10.2 Å². The molecule has 0 spiro atoms. The van der Waals surface area contributed by atoms with Gasteiger partial charge >= 0.3 is 0 Å². The summed E-state index contributed by atoms with van der Waals surface area (Å²) in [6.07, 6.45) is 2.93. The molecule has 1 aliphatic heterocycles. The second-order valence-electron chi connectivity index (χ2n) is 7.95. The molecule has 2 aromatic rings. The highest BCUT2D eigenvalue weighted by molar-refractivity contribution is 9.10. The van der Waals surface area contributed by atoms with Gasteiger partial charge in [0.15, 0.2) is 5.11 Å². The summed E-state index contributed by atoms with van der Waals surface area (Å²) in [4.78, 5) is 27.3. The number of hydrogen-bond donors (Lipinski definition) is 2. The second-order valence-corrected chi connectivity index (χ2v) is 9.27. The van der Waals surface area contributed by atoms with Crippen LogP contribution in [0.1, 0.15) is 53.8 Å². The van der Waals surface area contributed by atoms with Gasteiger partial charge in [0.2, 0.25) is 0 Å². The van der Waals surface area contributed by atoms with Gasteiger partial charge in [0, 0.05) is 28.8 Å². The number of nitrogens with zero attached hydrogens (tertiary/aromatic N) is 1. The lowest BCUT2D eigenvalue weighted by Crippen LogP contribution is -2.37. The zero-order chi connectivity index (χ0) is 23.1. The Labute approximate surface area is 202 Å². The molecule has 0 atom stereocenters. The van der Waals surface area contributed by atoms with Crippen LogP contribution in [-0.2, 0) is 0 Å². The van der Waals surface area contributed by atoms with E-state index in [-0.39, 0.29) is 16.9 Å². The van der Waals surface area contributed by atoms with Crippen LogP contribution in [0.25, 0.3) is 0 Å². The zero-order valence-electron chi connectivity index (χ0n) is 18.3. The lowest BCUT2D eigenvalue weighted by Gasteiger charge is -2.30. The molecule has 1 fully saturated rings. The number of halogens is 1. The molecule has 1 saturated heterocycles. The zero-order valence-corrected chi connectivity index (χ0v) is 20.7. The quantitative estimate of drug-likeness (QED) is 0.512. The van der Waals surface area contributed by atoms with E-state index in [9.17, 15) is 9.59 Å². The van der Waals surface area contributed by atoms with Crippen LogP contribution in [0.4, 0.5) is 5.69 Å². The minimum Gasteiger partial charge on any atom is -0.493 e. The minimum atomic E-state index is -0.360. The third kappa shape index (κ3) is 6.53. The Morgan fingerprint density at radius 2 is 1.84 bits per heavy atom. The largest absolute Gasteiger partial charge is 0.493 e. The van der Waals surface area contributed by atoms with Crippen LogP contribution >= 0.6 is 28.1 Å². The van der Waals surface area contributed by atoms with Crippen molar-refractivity contribution in [2.45, 2.75) is 33.1 Å². The Morgan fingerprint density at radius 1 is 1.16 bits per heavy atom. The van der Waals surface area contributed by atoms with E-state index in [0.717, 1.165) is 36.8 Å². The van der Waals surface area contributed by atoms with Crippen molar-refractivity contribution in [1.29, 1.82) is 0 Å². The average Bonchev–Trinajstić information content (AvgIpc) is 2.78. The Hall–Kier alpha value is -2.45. The fourth-order valence-electron chi connectivity index (χ4n) is 3.44. The number of anilines is 1. The first-order chi connectivity index (χ1) is 15.4. The number of amides is 2. The van der Waals surface area contributed by atoms with Crippen molar-refractivity contribution in [2.24, 2.45) is 5.92 Å². The molecule has 0 aromatic heterocycles. The number of nitrogens with one attached hydrogen (secondary N) is 2. The first-order valence-electron chi connectivity index (χ1n) is 10.8. The van der Waals surface area contributed by atoms with E-state index >= 15 is 0 Å². The van der Waals surface area contributed by atoms with Gasteiger partial charge in [0.25, 0.3) is 11.8 Å². The second kappa shape index (κ2) is 11.4. The van der Waals surface area contributed by atoms with Crippen molar-refractivity contribution in [3.8, 4) is 5.75 Å². The van der Waals surface area contributed by atoms with E-state index in [2.05, 4.69) is 33.5 Å². The lowest BCUT2D eigenvalue weighted by molar-refractivity contribution is 0.0697. The van der Waals surface area contributed by atoms with Gasteiger partial charge in [-0.1, -0.05) is 29.8 Å². The van der Waals surface area contributed by atoms with Crippen LogP contribution in [0.2, 0.25) is 0 Å². The topological polar surface area (TPSA) is 70.7 Å². The van der Waals surface area contributed by atoms with Gasteiger partial charge in [-0.05, 0) is 79.9 Å². The average molecular weight is 518 g/mol. The summed E-state index contributed by atoms with van der Waals surface area (Å²) in [5.74, 6) is 0.869. The molecule has 8 heteroatoms. The number of thiocarbonyl (C=S) groups is 1. The van der Waals surface area contributed by atoms with E-state index in [1.807, 2.05) is 17.9 Å². The Morgan fingerprint density at radius 3 is 2.50 bits per heavy atom. The molecule has 2 aromatic carbocycles. The molecule has 0 bridgehead atoms. The van der Waals surface area contributed by atoms with Gasteiger partial charge in [0.05, 0.1) is 12.2 Å². The molecule has 2 amide bonds. The smallest absolute Gasteiger partial charge is 0.261 e. The standard InChI is InChI=1S/C24H28BrN3O3S/c1-3-14-31-21-9-6-18(25)15-20(21)22(29)27-24(32)26-19-7-4-17(5-8-19)23(30)28-12-10-16(2)11-13-28/h4-9,15-16H,3,10-14H2,1-2H3,(H2,26,27,29,32). The molecule has 0 radical (unpaired) electrons. The minimum absolute atomic E-state index is 0.0496. The van der Waals surface area contributed by atoms with Crippen molar-refractivity contribution < 1.29 is 14.3 Å². The van der Waals surface area contributed by atoms with Crippen LogP contribution in [-0.4, -0.2) is 41.5 Å². The summed E-state index contributed by atoms with van der Waals surface area (Å²) in [7, 11) is 0. The van der Waals surface area contributed by atoms with Crippen molar-refractivity contribution in [3.05, 3.63) is 58.1 Å². The van der Waals surface area contributed by atoms with E-state index < -0.39 is 0 Å². The molecule has 1 heterocycles. The van der Waals surface area contributed by atoms with Crippen LogP contribution in [0.3, 0.4) is 0 Å². The molecule has 32 heavy (non-hydrogen) atoms. The van der Waals surface area contributed by atoms with Gasteiger partial charge in [0.1, 0.15) is 5.75 Å². The number of carbonyl (C=O) groups is 2. The number of hydrogen-bond acceptors (Lipinski definition) is 4. The third-order valence-electron chi connectivity index (χ3n) is 5.34. The Kier molecular flexibility index (Phi) is 8.64. The number of benzene rings is 2. The van der Waals surface area contributed by atoms with Gasteiger partial charge in [-0.3, -0.25) is 14.9 Å². The number of likely N-dealkylation sites (tertiary alicyclic amines) is 1. The van der Waals surface area contributed by atoms with Crippen molar-refractivity contribution in [2.75, 3.05) is 25.0 Å². The Bertz CT molecular complexity index is 973. The van der Waals surface area contributed by atoms with Gasteiger partial charge in [-0.25, -0.2) is 0 Å². The summed E-state index contributed by atoms with van der Waals surface area (Å²) >= 11 is 8.69. The fourth-order valence-corrected chi connectivity index (χ4v) is 4.01. The summed E-state index contributed by atoms with van der Waals surface area (Å²) in [6.45, 7) is 6.35. The fraction of sp³-hybridized carbons (Fsp3) is 0.375. The summed E-state index contributed by atoms with van der Waals surface area (Å²) in [5.41, 5.74) is 1.73. The summed E-state index contributed by atoms with van der Waals surface area (Å²) in [5, 5.41) is 5.85. The maximum absolute atomic E-state index is 12.7. The molecular weight excluding hydrogens is 490 g/mol. The van der Waals surface area contributed by atoms with E-state index in [4.69, 9.17) is 17.0 Å². The van der Waals surface area contributed by atoms with Gasteiger partial charge < -0.3 is 15.0 Å². The molecule has 2 N–H and O–H groups in total. The number of rotatable bonds is 6. The summed E-state index contributed by atoms with van der Waals surface area (Å²) in [6, 6.07) is 12.4. The molecule has 170 valence electrons. The lowest BCUT2D eigenvalue weighted by atomic mass is 9.98. The SMILES string of the molecule is CCCOc1ccc(Br)cc1C(=O)NC(=S)Nc1ccc(C(=O)N2CCC(C)CC2)cc1. The molecule has 0 unspecified atom stereocenters. The van der Waals surface area contributed by atoms with E-state index in [0.29, 0.717) is 35.1 Å². The Balaban J connectivity index is 1.59. The highest BCUT2D eigenvalue weighted by atomic mass is 79.9. The maximum Gasteiger partial charge on any atom is 0.261 e. The van der Waals surface area contributed by atoms with Crippen LogP contribution in [0, 0.1) is 5.92 Å². The van der Waals surface area contributed by atoms with Crippen molar-refractivity contribution >= 4 is 50.8 Å². The van der Waals surface area contributed by atoms with Crippen LogP contribution < -0.4 is 15.4 Å². The maximum atomic E-state index is 12.7. The van der Waals surface area contributed by atoms with Crippen LogP contribution in [0.15, 0.2) is 46.9 Å². The first kappa shape index (κ1) is 24.2. The van der Waals surface area contributed by atoms with E-state index in [1.54, 1.807) is 36.4 Å². The predicted molar refractivity (Wildman–Crippen MR) is 134 cm³/mol. The monoisotopic (exact) mass is 517 g/mol. The molecule has 0 saturated carbocycles. The highest BCUT2D eigenvalue weighted by Crippen LogP contribution is 2.24.